The quantitative estimate of drug-likeness (QED) is 0.527. The van der Waals surface area contributed by atoms with Crippen LogP contribution in [0.3, 0.4) is 0 Å². The highest BCUT2D eigenvalue weighted by molar-refractivity contribution is 5.48. The van der Waals surface area contributed by atoms with E-state index in [0.717, 1.165) is 34.7 Å². The van der Waals surface area contributed by atoms with Crippen molar-refractivity contribution in [1.82, 2.24) is 14.0 Å². The predicted molar refractivity (Wildman–Crippen MR) is 106 cm³/mol. The smallest absolute Gasteiger partial charge is 0.258 e. The number of rotatable bonds is 5. The lowest BCUT2D eigenvalue weighted by Crippen LogP contribution is -2.17. The van der Waals surface area contributed by atoms with Crippen molar-refractivity contribution in [2.45, 2.75) is 26.9 Å². The number of aryl methyl sites for hydroxylation is 2. The summed E-state index contributed by atoms with van der Waals surface area (Å²) in [5, 5.41) is 0. The standard InChI is InChI=1S/C22H20FN3O2/c1-3-20-15(2)26-13-18(8-9-21(26)24-20)25-11-10-19(12-22(25)27)28-14-16-4-6-17(23)7-5-16/h4-13H,3,14H2,1-2H3. The van der Waals surface area contributed by atoms with Crippen LogP contribution in [0.5, 0.6) is 5.75 Å². The molecule has 4 aromatic rings. The van der Waals surface area contributed by atoms with Gasteiger partial charge in [-0.25, -0.2) is 9.37 Å². The van der Waals surface area contributed by atoms with Gasteiger partial charge < -0.3 is 9.14 Å². The van der Waals surface area contributed by atoms with Crippen molar-refractivity contribution < 1.29 is 9.13 Å². The van der Waals surface area contributed by atoms with Gasteiger partial charge >= 0.3 is 0 Å². The Hall–Kier alpha value is -3.41. The van der Waals surface area contributed by atoms with Crippen molar-refractivity contribution in [1.29, 1.82) is 0 Å². The summed E-state index contributed by atoms with van der Waals surface area (Å²) in [5.74, 6) is 0.182. The molecule has 0 N–H and O–H groups in total. The van der Waals surface area contributed by atoms with Crippen molar-refractivity contribution in [2.24, 2.45) is 0 Å². The van der Waals surface area contributed by atoms with Crippen LogP contribution in [0.2, 0.25) is 0 Å². The third-order valence-electron chi connectivity index (χ3n) is 4.76. The third-order valence-corrected chi connectivity index (χ3v) is 4.76. The number of hydrogen-bond acceptors (Lipinski definition) is 3. The first-order chi connectivity index (χ1) is 13.5. The van der Waals surface area contributed by atoms with Crippen LogP contribution in [0.4, 0.5) is 4.39 Å². The van der Waals surface area contributed by atoms with E-state index in [1.165, 1.54) is 18.2 Å². The molecular weight excluding hydrogens is 357 g/mol. The fourth-order valence-electron chi connectivity index (χ4n) is 3.19. The minimum Gasteiger partial charge on any atom is -0.489 e. The predicted octanol–water partition coefficient (Wildman–Crippen LogP) is 4.07. The van der Waals surface area contributed by atoms with Crippen LogP contribution in [0.25, 0.3) is 11.3 Å². The van der Waals surface area contributed by atoms with Gasteiger partial charge in [0.1, 0.15) is 23.8 Å². The zero-order valence-electron chi connectivity index (χ0n) is 15.7. The molecule has 0 unspecified atom stereocenters. The minimum atomic E-state index is -0.289. The molecule has 3 heterocycles. The highest BCUT2D eigenvalue weighted by Crippen LogP contribution is 2.17. The van der Waals surface area contributed by atoms with E-state index in [1.54, 1.807) is 29.0 Å². The van der Waals surface area contributed by atoms with Gasteiger partial charge in [-0.3, -0.25) is 9.36 Å². The number of benzene rings is 1. The number of fused-ring (bicyclic) bond motifs is 1. The Labute approximate surface area is 161 Å². The Kier molecular flexibility index (Phi) is 4.69. The van der Waals surface area contributed by atoms with Crippen molar-refractivity contribution in [2.75, 3.05) is 0 Å². The van der Waals surface area contributed by atoms with E-state index < -0.39 is 0 Å². The zero-order valence-corrected chi connectivity index (χ0v) is 15.7. The molecule has 0 fully saturated rings. The van der Waals surface area contributed by atoms with Crippen molar-refractivity contribution in [3.63, 3.8) is 0 Å². The molecule has 4 rings (SSSR count). The monoisotopic (exact) mass is 377 g/mol. The molecule has 28 heavy (non-hydrogen) atoms. The summed E-state index contributed by atoms with van der Waals surface area (Å²) < 4.78 is 22.2. The number of ether oxygens (including phenoxy) is 1. The van der Waals surface area contributed by atoms with E-state index in [9.17, 15) is 9.18 Å². The summed E-state index contributed by atoms with van der Waals surface area (Å²) in [6.45, 7) is 4.37. The SMILES string of the molecule is CCc1nc2ccc(-n3ccc(OCc4ccc(F)cc4)cc3=O)cn2c1C. The zero-order chi connectivity index (χ0) is 19.7. The Balaban J connectivity index is 1.59. The number of imidazole rings is 1. The van der Waals surface area contributed by atoms with Gasteiger partial charge in [0.15, 0.2) is 0 Å². The van der Waals surface area contributed by atoms with E-state index in [-0.39, 0.29) is 18.0 Å². The van der Waals surface area contributed by atoms with E-state index in [4.69, 9.17) is 4.74 Å². The third kappa shape index (κ3) is 3.41. The van der Waals surface area contributed by atoms with Gasteiger partial charge in [-0.15, -0.1) is 0 Å². The summed E-state index contributed by atoms with van der Waals surface area (Å²) in [7, 11) is 0. The van der Waals surface area contributed by atoms with Crippen LogP contribution < -0.4 is 10.3 Å². The number of nitrogens with zero attached hydrogens (tertiary/aromatic N) is 3. The second-order valence-electron chi connectivity index (χ2n) is 6.60. The molecule has 0 bridgehead atoms. The number of halogens is 1. The Morgan fingerprint density at radius 2 is 1.89 bits per heavy atom. The first kappa shape index (κ1) is 18.0. The highest BCUT2D eigenvalue weighted by Gasteiger charge is 2.09. The van der Waals surface area contributed by atoms with E-state index in [0.29, 0.717) is 5.75 Å². The van der Waals surface area contributed by atoms with Gasteiger partial charge in [-0.05, 0) is 49.2 Å². The lowest BCUT2D eigenvalue weighted by molar-refractivity contribution is 0.305. The maximum absolute atomic E-state index is 13.0. The molecule has 1 aromatic carbocycles. The van der Waals surface area contributed by atoms with Crippen molar-refractivity contribution in [3.05, 3.63) is 94.0 Å². The summed E-state index contributed by atoms with van der Waals surface area (Å²) in [6.07, 6.45) is 4.47. The average Bonchev–Trinajstić information content (AvgIpc) is 3.03. The molecular formula is C22H20FN3O2. The molecule has 0 radical (unpaired) electrons. The van der Waals surface area contributed by atoms with Gasteiger partial charge in [0, 0.05) is 24.2 Å². The molecule has 3 aromatic heterocycles. The van der Waals surface area contributed by atoms with E-state index >= 15 is 0 Å². The van der Waals surface area contributed by atoms with Gasteiger partial charge in [-0.1, -0.05) is 19.1 Å². The Bertz CT molecular complexity index is 1190. The first-order valence-corrected chi connectivity index (χ1v) is 9.13. The summed E-state index contributed by atoms with van der Waals surface area (Å²) >= 11 is 0. The van der Waals surface area contributed by atoms with Crippen LogP contribution in [-0.2, 0) is 13.0 Å². The number of hydrogen-bond donors (Lipinski definition) is 0. The molecule has 0 amide bonds. The molecule has 0 spiro atoms. The molecule has 0 aliphatic heterocycles. The van der Waals surface area contributed by atoms with E-state index in [1.807, 2.05) is 29.7 Å². The molecule has 5 nitrogen and oxygen atoms in total. The van der Waals surface area contributed by atoms with Gasteiger partial charge in [0.05, 0.1) is 11.4 Å². The van der Waals surface area contributed by atoms with Crippen molar-refractivity contribution in [3.8, 4) is 11.4 Å². The lowest BCUT2D eigenvalue weighted by atomic mass is 10.2. The summed E-state index contributed by atoms with van der Waals surface area (Å²) in [5.41, 5.74) is 4.39. The molecule has 0 atom stereocenters. The topological polar surface area (TPSA) is 48.5 Å². The Morgan fingerprint density at radius 1 is 1.11 bits per heavy atom. The minimum absolute atomic E-state index is 0.190. The second-order valence-corrected chi connectivity index (χ2v) is 6.60. The van der Waals surface area contributed by atoms with Crippen LogP contribution in [0.1, 0.15) is 23.9 Å². The van der Waals surface area contributed by atoms with Crippen LogP contribution in [-0.4, -0.2) is 14.0 Å². The molecule has 0 aliphatic carbocycles. The van der Waals surface area contributed by atoms with Crippen molar-refractivity contribution >= 4 is 5.65 Å². The first-order valence-electron chi connectivity index (χ1n) is 9.13. The Morgan fingerprint density at radius 3 is 2.61 bits per heavy atom. The number of pyridine rings is 2. The molecule has 6 heteroatoms. The molecule has 142 valence electrons. The van der Waals surface area contributed by atoms with Gasteiger partial charge in [0.2, 0.25) is 0 Å². The maximum atomic E-state index is 13.0. The van der Waals surface area contributed by atoms with Crippen LogP contribution >= 0.6 is 0 Å². The second kappa shape index (κ2) is 7.31. The summed E-state index contributed by atoms with van der Waals surface area (Å²) in [4.78, 5) is 17.2. The largest absolute Gasteiger partial charge is 0.489 e. The van der Waals surface area contributed by atoms with Gasteiger partial charge in [-0.2, -0.15) is 0 Å². The van der Waals surface area contributed by atoms with Gasteiger partial charge in [0.25, 0.3) is 5.56 Å². The average molecular weight is 377 g/mol. The maximum Gasteiger partial charge on any atom is 0.258 e. The fraction of sp³-hybridized carbons (Fsp3) is 0.182. The van der Waals surface area contributed by atoms with E-state index in [2.05, 4.69) is 11.9 Å². The van der Waals surface area contributed by atoms with Crippen LogP contribution in [0, 0.1) is 12.7 Å². The lowest BCUT2D eigenvalue weighted by Gasteiger charge is -2.10. The highest BCUT2D eigenvalue weighted by atomic mass is 19.1. The normalized spacial score (nSPS) is 11.1. The fourth-order valence-corrected chi connectivity index (χ4v) is 3.19. The molecule has 0 saturated heterocycles. The summed E-state index contributed by atoms with van der Waals surface area (Å²) in [6, 6.07) is 13.1. The van der Waals surface area contributed by atoms with Crippen LogP contribution in [0.15, 0.2) is 65.7 Å². The molecule has 0 aliphatic rings. The number of aromatic nitrogens is 3. The molecule has 0 saturated carbocycles.